The lowest BCUT2D eigenvalue weighted by atomic mass is 10.1. The van der Waals surface area contributed by atoms with Crippen molar-refractivity contribution in [2.24, 2.45) is 0 Å². The van der Waals surface area contributed by atoms with Crippen molar-refractivity contribution in [2.45, 2.75) is 26.4 Å². The van der Waals surface area contributed by atoms with Crippen LogP contribution in [-0.2, 0) is 11.3 Å². The van der Waals surface area contributed by atoms with Crippen LogP contribution in [0.1, 0.15) is 18.1 Å². The quantitative estimate of drug-likeness (QED) is 0.904. The molecule has 1 unspecified atom stereocenters. The molecule has 0 aliphatic carbocycles. The molecule has 3 heteroatoms. The summed E-state index contributed by atoms with van der Waals surface area (Å²) in [6, 6.07) is 16.0. The molecule has 2 aromatic carbocycles. The van der Waals surface area contributed by atoms with Gasteiger partial charge < -0.3 is 10.2 Å². The van der Waals surface area contributed by atoms with Gasteiger partial charge in [-0.2, -0.15) is 0 Å². The zero-order valence-electron chi connectivity index (χ0n) is 11.8. The first-order chi connectivity index (χ1) is 9.66. The Hall–Kier alpha value is -2.29. The van der Waals surface area contributed by atoms with E-state index in [1.165, 1.54) is 11.1 Å². The molecule has 1 heterocycles. The van der Waals surface area contributed by atoms with Crippen molar-refractivity contribution >= 4 is 17.3 Å². The highest BCUT2D eigenvalue weighted by molar-refractivity contribution is 6.04. The van der Waals surface area contributed by atoms with E-state index in [-0.39, 0.29) is 11.9 Å². The number of fused-ring (bicyclic) bond motifs is 1. The van der Waals surface area contributed by atoms with E-state index in [1.807, 2.05) is 48.2 Å². The summed E-state index contributed by atoms with van der Waals surface area (Å²) in [5.41, 5.74) is 4.38. The number of aryl methyl sites for hydroxylation is 1. The molecule has 3 nitrogen and oxygen atoms in total. The Bertz CT molecular complexity index is 651. The molecular formula is C17H18N2O. The SMILES string of the molecule is Cc1ccccc1CN1C(=O)C(C)Nc2ccccc21. The van der Waals surface area contributed by atoms with Crippen molar-refractivity contribution in [2.75, 3.05) is 10.2 Å². The molecule has 0 saturated heterocycles. The fraction of sp³-hybridized carbons (Fsp3) is 0.235. The number of carbonyl (C=O) groups is 1. The average molecular weight is 266 g/mol. The molecule has 1 atom stereocenters. The summed E-state index contributed by atoms with van der Waals surface area (Å²) in [6.45, 7) is 4.61. The zero-order chi connectivity index (χ0) is 14.1. The Kier molecular flexibility index (Phi) is 3.18. The number of rotatable bonds is 2. The van der Waals surface area contributed by atoms with Gasteiger partial charge in [0, 0.05) is 0 Å². The van der Waals surface area contributed by atoms with Crippen LogP contribution in [0.2, 0.25) is 0 Å². The zero-order valence-corrected chi connectivity index (χ0v) is 11.8. The van der Waals surface area contributed by atoms with Crippen LogP contribution in [-0.4, -0.2) is 11.9 Å². The van der Waals surface area contributed by atoms with Gasteiger partial charge in [0.1, 0.15) is 6.04 Å². The second-order valence-corrected chi connectivity index (χ2v) is 5.23. The van der Waals surface area contributed by atoms with Gasteiger partial charge >= 0.3 is 0 Å². The van der Waals surface area contributed by atoms with Crippen molar-refractivity contribution in [1.82, 2.24) is 0 Å². The van der Waals surface area contributed by atoms with Crippen molar-refractivity contribution in [3.8, 4) is 0 Å². The average Bonchev–Trinajstić information content (AvgIpc) is 2.46. The van der Waals surface area contributed by atoms with Crippen LogP contribution in [0.5, 0.6) is 0 Å². The number of para-hydroxylation sites is 2. The van der Waals surface area contributed by atoms with Crippen molar-refractivity contribution < 1.29 is 4.79 Å². The van der Waals surface area contributed by atoms with E-state index in [9.17, 15) is 4.79 Å². The molecule has 0 spiro atoms. The minimum absolute atomic E-state index is 0.118. The van der Waals surface area contributed by atoms with Crippen molar-refractivity contribution in [1.29, 1.82) is 0 Å². The predicted octanol–water partition coefficient (Wildman–Crippen LogP) is 3.34. The molecule has 1 N–H and O–H groups in total. The van der Waals surface area contributed by atoms with Crippen LogP contribution in [0.4, 0.5) is 11.4 Å². The van der Waals surface area contributed by atoms with Gasteiger partial charge in [-0.05, 0) is 37.1 Å². The Morgan fingerprint density at radius 1 is 1.10 bits per heavy atom. The minimum atomic E-state index is -0.186. The minimum Gasteiger partial charge on any atom is -0.372 e. The number of carbonyl (C=O) groups excluding carboxylic acids is 1. The maximum atomic E-state index is 12.5. The highest BCUT2D eigenvalue weighted by atomic mass is 16.2. The maximum Gasteiger partial charge on any atom is 0.249 e. The van der Waals surface area contributed by atoms with E-state index in [0.29, 0.717) is 6.54 Å². The monoisotopic (exact) mass is 266 g/mol. The summed E-state index contributed by atoms with van der Waals surface area (Å²) in [5.74, 6) is 0.118. The van der Waals surface area contributed by atoms with Gasteiger partial charge in [-0.3, -0.25) is 4.79 Å². The highest BCUT2D eigenvalue weighted by Gasteiger charge is 2.29. The summed E-state index contributed by atoms with van der Waals surface area (Å²) in [6.07, 6.45) is 0. The van der Waals surface area contributed by atoms with E-state index in [0.717, 1.165) is 11.4 Å². The lowest BCUT2D eigenvalue weighted by molar-refractivity contribution is -0.119. The number of anilines is 2. The predicted molar refractivity (Wildman–Crippen MR) is 81.9 cm³/mol. The molecule has 0 fully saturated rings. The Morgan fingerprint density at radius 2 is 1.80 bits per heavy atom. The van der Waals surface area contributed by atoms with Gasteiger partial charge in [0.2, 0.25) is 5.91 Å². The molecule has 1 amide bonds. The van der Waals surface area contributed by atoms with Gasteiger partial charge in [0.05, 0.1) is 17.9 Å². The van der Waals surface area contributed by atoms with E-state index < -0.39 is 0 Å². The summed E-state index contributed by atoms with van der Waals surface area (Å²) in [5, 5.41) is 3.25. The van der Waals surface area contributed by atoms with Crippen molar-refractivity contribution in [3.63, 3.8) is 0 Å². The largest absolute Gasteiger partial charge is 0.372 e. The van der Waals surface area contributed by atoms with E-state index in [1.54, 1.807) is 0 Å². The van der Waals surface area contributed by atoms with Crippen LogP contribution < -0.4 is 10.2 Å². The summed E-state index contributed by atoms with van der Waals surface area (Å²) < 4.78 is 0. The number of nitrogens with one attached hydrogen (secondary N) is 1. The number of hydrogen-bond acceptors (Lipinski definition) is 2. The normalized spacial score (nSPS) is 17.6. The fourth-order valence-corrected chi connectivity index (χ4v) is 2.60. The molecule has 0 saturated carbocycles. The topological polar surface area (TPSA) is 32.3 Å². The summed E-state index contributed by atoms with van der Waals surface area (Å²) >= 11 is 0. The lowest BCUT2D eigenvalue weighted by Crippen LogP contribution is -2.45. The lowest BCUT2D eigenvalue weighted by Gasteiger charge is -2.34. The molecule has 0 bridgehead atoms. The first-order valence-electron chi connectivity index (χ1n) is 6.88. The van der Waals surface area contributed by atoms with Gasteiger partial charge in [0.25, 0.3) is 0 Å². The molecule has 20 heavy (non-hydrogen) atoms. The van der Waals surface area contributed by atoms with Crippen LogP contribution in [0.3, 0.4) is 0 Å². The van der Waals surface area contributed by atoms with Crippen LogP contribution >= 0.6 is 0 Å². The standard InChI is InChI=1S/C17H18N2O/c1-12-7-3-4-8-14(12)11-19-16-10-6-5-9-15(16)18-13(2)17(19)20/h3-10,13,18H,11H2,1-2H3. The Balaban J connectivity index is 2.00. The maximum absolute atomic E-state index is 12.5. The summed E-state index contributed by atoms with van der Waals surface area (Å²) in [7, 11) is 0. The first kappa shape index (κ1) is 12.7. The number of benzene rings is 2. The molecular weight excluding hydrogens is 248 g/mol. The first-order valence-corrected chi connectivity index (χ1v) is 6.88. The van der Waals surface area contributed by atoms with Crippen LogP contribution in [0.15, 0.2) is 48.5 Å². The molecule has 0 aromatic heterocycles. The van der Waals surface area contributed by atoms with Gasteiger partial charge in [0.15, 0.2) is 0 Å². The molecule has 0 radical (unpaired) electrons. The van der Waals surface area contributed by atoms with Crippen LogP contribution in [0, 0.1) is 6.92 Å². The van der Waals surface area contributed by atoms with Crippen molar-refractivity contribution in [3.05, 3.63) is 59.7 Å². The van der Waals surface area contributed by atoms with E-state index in [4.69, 9.17) is 0 Å². The molecule has 1 aliphatic rings. The van der Waals surface area contributed by atoms with E-state index >= 15 is 0 Å². The second kappa shape index (κ2) is 5.00. The molecule has 102 valence electrons. The summed E-state index contributed by atoms with van der Waals surface area (Å²) in [4.78, 5) is 14.3. The third kappa shape index (κ3) is 2.16. The molecule has 2 aromatic rings. The number of hydrogen-bond donors (Lipinski definition) is 1. The third-order valence-corrected chi connectivity index (χ3v) is 3.79. The van der Waals surface area contributed by atoms with Gasteiger partial charge in [-0.1, -0.05) is 36.4 Å². The Labute approximate surface area is 119 Å². The fourth-order valence-electron chi connectivity index (χ4n) is 2.60. The Morgan fingerprint density at radius 3 is 2.60 bits per heavy atom. The number of nitrogens with zero attached hydrogens (tertiary/aromatic N) is 1. The van der Waals surface area contributed by atoms with Gasteiger partial charge in [-0.25, -0.2) is 0 Å². The molecule has 1 aliphatic heterocycles. The third-order valence-electron chi connectivity index (χ3n) is 3.79. The second-order valence-electron chi connectivity index (χ2n) is 5.23. The van der Waals surface area contributed by atoms with E-state index in [2.05, 4.69) is 24.4 Å². The smallest absolute Gasteiger partial charge is 0.249 e. The highest BCUT2D eigenvalue weighted by Crippen LogP contribution is 2.32. The molecule has 3 rings (SSSR count). The van der Waals surface area contributed by atoms with Crippen LogP contribution in [0.25, 0.3) is 0 Å². The van der Waals surface area contributed by atoms with Gasteiger partial charge in [-0.15, -0.1) is 0 Å². The number of amides is 1.